The molecule has 2 N–H and O–H groups in total. The summed E-state index contributed by atoms with van der Waals surface area (Å²) in [5.41, 5.74) is -0.935. The number of nitrogens with one attached hydrogen (secondary N) is 2. The lowest BCUT2D eigenvalue weighted by Gasteiger charge is -2.24. The molecule has 0 unspecified atom stereocenters. The standard InChI is InChI=1S/C14H26N4O2/c1-5-7-14(11-15,8-6-2)12(19)16-9-10-17-13(20)18(3)4/h5-10H2,1-4H3,(H,16,19)(H,17,20). The fourth-order valence-corrected chi connectivity index (χ4v) is 2.04. The van der Waals surface area contributed by atoms with Crippen molar-refractivity contribution >= 4 is 11.9 Å². The monoisotopic (exact) mass is 282 g/mol. The molecule has 0 bridgehead atoms. The van der Waals surface area contributed by atoms with Crippen molar-refractivity contribution in [3.63, 3.8) is 0 Å². The van der Waals surface area contributed by atoms with Crippen molar-refractivity contribution in [3.05, 3.63) is 0 Å². The second kappa shape index (κ2) is 9.18. The number of hydrogen-bond donors (Lipinski definition) is 2. The highest BCUT2D eigenvalue weighted by atomic mass is 16.2. The molecular formula is C14H26N4O2. The van der Waals surface area contributed by atoms with Gasteiger partial charge in [-0.1, -0.05) is 26.7 Å². The Kier molecular flexibility index (Phi) is 8.37. The van der Waals surface area contributed by atoms with Crippen molar-refractivity contribution in [3.8, 4) is 6.07 Å². The van der Waals surface area contributed by atoms with E-state index in [1.165, 1.54) is 4.90 Å². The van der Waals surface area contributed by atoms with Gasteiger partial charge in [0.2, 0.25) is 5.91 Å². The fraction of sp³-hybridized carbons (Fsp3) is 0.786. The summed E-state index contributed by atoms with van der Waals surface area (Å²) in [5, 5.41) is 14.7. The molecule has 0 saturated heterocycles. The van der Waals surface area contributed by atoms with Gasteiger partial charge in [-0.05, 0) is 12.8 Å². The van der Waals surface area contributed by atoms with Crippen LogP contribution in [0.4, 0.5) is 4.79 Å². The van der Waals surface area contributed by atoms with Crippen molar-refractivity contribution < 1.29 is 9.59 Å². The van der Waals surface area contributed by atoms with E-state index >= 15 is 0 Å². The van der Waals surface area contributed by atoms with Gasteiger partial charge in [-0.25, -0.2) is 4.79 Å². The number of hydrogen-bond acceptors (Lipinski definition) is 3. The van der Waals surface area contributed by atoms with Gasteiger partial charge in [0, 0.05) is 27.2 Å². The molecule has 0 aliphatic heterocycles. The summed E-state index contributed by atoms with van der Waals surface area (Å²) in [6.07, 6.45) is 2.71. The summed E-state index contributed by atoms with van der Waals surface area (Å²) in [7, 11) is 3.30. The first-order valence-corrected chi connectivity index (χ1v) is 7.08. The highest BCUT2D eigenvalue weighted by Gasteiger charge is 2.36. The molecule has 0 saturated carbocycles. The molecule has 20 heavy (non-hydrogen) atoms. The first-order valence-electron chi connectivity index (χ1n) is 7.08. The zero-order valence-electron chi connectivity index (χ0n) is 13.0. The van der Waals surface area contributed by atoms with Gasteiger partial charge in [0.25, 0.3) is 0 Å². The second-order valence-electron chi connectivity index (χ2n) is 5.08. The van der Waals surface area contributed by atoms with Gasteiger partial charge in [0.1, 0.15) is 5.41 Å². The zero-order valence-corrected chi connectivity index (χ0v) is 13.0. The van der Waals surface area contributed by atoms with Crippen molar-refractivity contribution in [2.24, 2.45) is 5.41 Å². The molecule has 0 heterocycles. The number of carbonyl (C=O) groups is 2. The molecule has 0 aromatic carbocycles. The van der Waals surface area contributed by atoms with Crippen LogP contribution in [0.25, 0.3) is 0 Å². The minimum absolute atomic E-state index is 0.201. The highest BCUT2D eigenvalue weighted by Crippen LogP contribution is 2.29. The number of nitrogens with zero attached hydrogens (tertiary/aromatic N) is 2. The van der Waals surface area contributed by atoms with E-state index in [1.54, 1.807) is 14.1 Å². The van der Waals surface area contributed by atoms with E-state index in [0.29, 0.717) is 25.9 Å². The summed E-state index contributed by atoms with van der Waals surface area (Å²) in [6, 6.07) is 1.98. The lowest BCUT2D eigenvalue weighted by Crippen LogP contribution is -2.44. The Morgan fingerprint density at radius 3 is 2.00 bits per heavy atom. The van der Waals surface area contributed by atoms with Crippen LogP contribution in [0.3, 0.4) is 0 Å². The zero-order chi connectivity index (χ0) is 15.6. The Labute approximate surface area is 121 Å². The van der Waals surface area contributed by atoms with Gasteiger partial charge >= 0.3 is 6.03 Å². The molecule has 0 atom stereocenters. The molecule has 0 rings (SSSR count). The molecule has 6 nitrogen and oxygen atoms in total. The van der Waals surface area contributed by atoms with Gasteiger partial charge in [-0.3, -0.25) is 4.79 Å². The Bertz CT molecular complexity index is 355. The summed E-state index contributed by atoms with van der Waals surface area (Å²) < 4.78 is 0. The third kappa shape index (κ3) is 5.47. The Morgan fingerprint density at radius 2 is 1.60 bits per heavy atom. The van der Waals surface area contributed by atoms with Crippen LogP contribution in [0.5, 0.6) is 0 Å². The number of amides is 3. The van der Waals surface area contributed by atoms with Crippen LogP contribution < -0.4 is 10.6 Å². The van der Waals surface area contributed by atoms with E-state index in [9.17, 15) is 14.9 Å². The molecule has 6 heteroatoms. The van der Waals surface area contributed by atoms with Crippen LogP contribution in [0.1, 0.15) is 39.5 Å². The normalized spacial score (nSPS) is 10.6. The van der Waals surface area contributed by atoms with Gasteiger partial charge < -0.3 is 15.5 Å². The summed E-state index contributed by atoms with van der Waals surface area (Å²) >= 11 is 0. The maximum atomic E-state index is 12.2. The molecule has 114 valence electrons. The third-order valence-electron chi connectivity index (χ3n) is 3.10. The van der Waals surface area contributed by atoms with E-state index in [0.717, 1.165) is 12.8 Å². The minimum atomic E-state index is -0.935. The average molecular weight is 282 g/mol. The lowest BCUT2D eigenvalue weighted by molar-refractivity contribution is -0.128. The molecule has 0 aromatic heterocycles. The number of urea groups is 1. The van der Waals surface area contributed by atoms with E-state index in [2.05, 4.69) is 16.7 Å². The molecule has 0 spiro atoms. The van der Waals surface area contributed by atoms with Crippen LogP contribution in [-0.2, 0) is 4.79 Å². The maximum absolute atomic E-state index is 12.2. The SMILES string of the molecule is CCCC(C#N)(CCC)C(=O)NCCNC(=O)N(C)C. The molecule has 0 fully saturated rings. The smallest absolute Gasteiger partial charge is 0.316 e. The van der Waals surface area contributed by atoms with E-state index < -0.39 is 5.41 Å². The second-order valence-corrected chi connectivity index (χ2v) is 5.08. The van der Waals surface area contributed by atoms with Crippen LogP contribution >= 0.6 is 0 Å². The van der Waals surface area contributed by atoms with Crippen LogP contribution in [0, 0.1) is 16.7 Å². The minimum Gasteiger partial charge on any atom is -0.353 e. The fourth-order valence-electron chi connectivity index (χ4n) is 2.04. The molecule has 0 aromatic rings. The van der Waals surface area contributed by atoms with Crippen molar-refractivity contribution in [2.75, 3.05) is 27.2 Å². The first kappa shape index (κ1) is 18.2. The van der Waals surface area contributed by atoms with Crippen LogP contribution in [0.2, 0.25) is 0 Å². The van der Waals surface area contributed by atoms with Crippen molar-refractivity contribution in [1.82, 2.24) is 15.5 Å². The summed E-state index contributed by atoms with van der Waals surface area (Å²) in [4.78, 5) is 24.9. The molecule has 0 radical (unpaired) electrons. The van der Waals surface area contributed by atoms with Crippen LogP contribution in [-0.4, -0.2) is 44.0 Å². The topological polar surface area (TPSA) is 85.2 Å². The van der Waals surface area contributed by atoms with E-state index in [-0.39, 0.29) is 11.9 Å². The lowest BCUT2D eigenvalue weighted by atomic mass is 9.80. The third-order valence-corrected chi connectivity index (χ3v) is 3.10. The first-order chi connectivity index (χ1) is 9.43. The Balaban J connectivity index is 4.35. The largest absolute Gasteiger partial charge is 0.353 e. The summed E-state index contributed by atoms with van der Waals surface area (Å²) in [5.74, 6) is -0.234. The highest BCUT2D eigenvalue weighted by molar-refractivity contribution is 5.85. The summed E-state index contributed by atoms with van der Waals surface area (Å²) in [6.45, 7) is 4.61. The molecule has 0 aliphatic carbocycles. The number of rotatable bonds is 8. The van der Waals surface area contributed by atoms with Gasteiger partial charge in [0.05, 0.1) is 6.07 Å². The van der Waals surface area contributed by atoms with Crippen molar-refractivity contribution in [1.29, 1.82) is 5.26 Å². The molecule has 0 aliphatic rings. The van der Waals surface area contributed by atoms with Gasteiger partial charge in [-0.2, -0.15) is 5.26 Å². The van der Waals surface area contributed by atoms with Gasteiger partial charge in [-0.15, -0.1) is 0 Å². The van der Waals surface area contributed by atoms with Gasteiger partial charge in [0.15, 0.2) is 0 Å². The number of nitriles is 1. The Hall–Kier alpha value is -1.77. The van der Waals surface area contributed by atoms with E-state index in [4.69, 9.17) is 0 Å². The average Bonchev–Trinajstić information content (AvgIpc) is 2.42. The maximum Gasteiger partial charge on any atom is 0.316 e. The predicted molar refractivity (Wildman–Crippen MR) is 78.0 cm³/mol. The molecular weight excluding hydrogens is 256 g/mol. The Morgan fingerprint density at radius 1 is 1.10 bits per heavy atom. The van der Waals surface area contributed by atoms with E-state index in [1.807, 2.05) is 13.8 Å². The van der Waals surface area contributed by atoms with Crippen LogP contribution in [0.15, 0.2) is 0 Å². The predicted octanol–water partition coefficient (Wildman–Crippen LogP) is 1.48. The van der Waals surface area contributed by atoms with Crippen molar-refractivity contribution in [2.45, 2.75) is 39.5 Å². The number of carbonyl (C=O) groups excluding carboxylic acids is 2. The quantitative estimate of drug-likeness (QED) is 0.661. The molecule has 3 amide bonds.